The highest BCUT2D eigenvalue weighted by Gasteiger charge is 2.22. The van der Waals surface area contributed by atoms with Crippen LogP contribution in [0, 0.1) is 5.41 Å². The van der Waals surface area contributed by atoms with Crippen LogP contribution >= 0.6 is 15.9 Å². The molecule has 0 heterocycles. The fraction of sp³-hybridized carbons (Fsp3) is 0.500. The smallest absolute Gasteiger partial charge is 0.119 e. The van der Waals surface area contributed by atoms with Crippen LogP contribution < -0.4 is 10.1 Å². The van der Waals surface area contributed by atoms with Crippen molar-refractivity contribution in [3.63, 3.8) is 0 Å². The first-order valence-electron chi connectivity index (χ1n) is 6.70. The van der Waals surface area contributed by atoms with Crippen molar-refractivity contribution >= 4 is 15.9 Å². The molecule has 1 unspecified atom stereocenters. The summed E-state index contributed by atoms with van der Waals surface area (Å²) in [5.41, 5.74) is 1.21. The monoisotopic (exact) mass is 341 g/mol. The van der Waals surface area contributed by atoms with Gasteiger partial charge in [0, 0.05) is 30.1 Å². The molecule has 0 spiro atoms. The Kier molecular flexibility index (Phi) is 7.27. The predicted octanol–water partition coefficient (Wildman–Crippen LogP) is 3.43. The Morgan fingerprint density at radius 2 is 2.15 bits per heavy atom. The van der Waals surface area contributed by atoms with Gasteiger partial charge in [-0.2, -0.15) is 0 Å². The summed E-state index contributed by atoms with van der Waals surface area (Å²) in [7, 11) is 3.40. The molecule has 1 aromatic carbocycles. The Bertz CT molecular complexity index is 436. The van der Waals surface area contributed by atoms with Crippen LogP contribution in [-0.2, 0) is 11.2 Å². The molecule has 112 valence electrons. The summed E-state index contributed by atoms with van der Waals surface area (Å²) in [6.45, 7) is 8.61. The van der Waals surface area contributed by atoms with E-state index in [1.54, 1.807) is 14.2 Å². The lowest BCUT2D eigenvalue weighted by Crippen LogP contribution is -2.33. The lowest BCUT2D eigenvalue weighted by molar-refractivity contribution is 0.195. The number of hydrogen-bond acceptors (Lipinski definition) is 3. The van der Waals surface area contributed by atoms with Crippen molar-refractivity contribution in [1.29, 1.82) is 0 Å². The van der Waals surface area contributed by atoms with Crippen LogP contribution in [0.5, 0.6) is 5.75 Å². The molecular weight excluding hydrogens is 318 g/mol. The Labute approximate surface area is 130 Å². The molecule has 0 aliphatic rings. The van der Waals surface area contributed by atoms with Gasteiger partial charge in [0.05, 0.1) is 13.7 Å². The van der Waals surface area contributed by atoms with Crippen molar-refractivity contribution in [2.75, 3.05) is 33.9 Å². The van der Waals surface area contributed by atoms with Gasteiger partial charge in [-0.1, -0.05) is 28.9 Å². The average molecular weight is 342 g/mol. The molecule has 1 atom stereocenters. The first-order valence-corrected chi connectivity index (χ1v) is 7.49. The minimum atomic E-state index is -0.0113. The lowest BCUT2D eigenvalue weighted by atomic mass is 9.83. The minimum Gasteiger partial charge on any atom is -0.497 e. The van der Waals surface area contributed by atoms with Crippen LogP contribution in [0.25, 0.3) is 0 Å². The summed E-state index contributed by atoms with van der Waals surface area (Å²) in [6.07, 6.45) is 2.91. The summed E-state index contributed by atoms with van der Waals surface area (Å²) in [5.74, 6) is 0.877. The molecule has 4 heteroatoms. The number of hydrogen-bond donors (Lipinski definition) is 1. The maximum absolute atomic E-state index is 5.29. The molecule has 0 bridgehead atoms. The van der Waals surface area contributed by atoms with Crippen LogP contribution in [0.3, 0.4) is 0 Å². The van der Waals surface area contributed by atoms with E-state index in [9.17, 15) is 0 Å². The lowest BCUT2D eigenvalue weighted by Gasteiger charge is -2.27. The summed E-state index contributed by atoms with van der Waals surface area (Å²) in [6, 6.07) is 6.05. The molecular formula is C16H24BrNO2. The largest absolute Gasteiger partial charge is 0.497 e. The third-order valence-electron chi connectivity index (χ3n) is 3.35. The van der Waals surface area contributed by atoms with E-state index < -0.39 is 0 Å². The number of benzene rings is 1. The standard InChI is InChI=1S/C16H24BrNO2/c1-5-16(2,12-18-8-9-19-3)11-13-10-14(20-4)6-7-15(13)17/h5-7,10,18H,1,8-9,11-12H2,2-4H3. The zero-order chi connectivity index (χ0) is 15.0. The molecule has 0 saturated carbocycles. The van der Waals surface area contributed by atoms with Gasteiger partial charge in [-0.25, -0.2) is 0 Å². The molecule has 0 saturated heterocycles. The van der Waals surface area contributed by atoms with Crippen LogP contribution in [0.2, 0.25) is 0 Å². The summed E-state index contributed by atoms with van der Waals surface area (Å²) < 4.78 is 11.4. The molecule has 0 amide bonds. The molecule has 1 N–H and O–H groups in total. The Balaban J connectivity index is 2.73. The zero-order valence-electron chi connectivity index (χ0n) is 12.5. The van der Waals surface area contributed by atoms with Crippen molar-refractivity contribution in [2.45, 2.75) is 13.3 Å². The molecule has 0 aliphatic carbocycles. The molecule has 3 nitrogen and oxygen atoms in total. The number of nitrogens with one attached hydrogen (secondary N) is 1. The van der Waals surface area contributed by atoms with E-state index >= 15 is 0 Å². The van der Waals surface area contributed by atoms with Crippen LogP contribution in [0.1, 0.15) is 12.5 Å². The fourth-order valence-corrected chi connectivity index (χ4v) is 2.39. The second-order valence-electron chi connectivity index (χ2n) is 5.16. The Morgan fingerprint density at radius 3 is 2.75 bits per heavy atom. The maximum Gasteiger partial charge on any atom is 0.119 e. The van der Waals surface area contributed by atoms with E-state index in [1.807, 2.05) is 18.2 Å². The highest BCUT2D eigenvalue weighted by molar-refractivity contribution is 9.10. The highest BCUT2D eigenvalue weighted by Crippen LogP contribution is 2.30. The van der Waals surface area contributed by atoms with E-state index in [0.717, 1.165) is 36.3 Å². The van der Waals surface area contributed by atoms with E-state index in [-0.39, 0.29) is 5.41 Å². The molecule has 1 rings (SSSR count). The number of rotatable bonds is 9. The van der Waals surface area contributed by atoms with Crippen molar-refractivity contribution in [1.82, 2.24) is 5.32 Å². The van der Waals surface area contributed by atoms with E-state index in [2.05, 4.69) is 40.8 Å². The average Bonchev–Trinajstić information content (AvgIpc) is 2.46. The molecule has 0 fully saturated rings. The second kappa shape index (κ2) is 8.45. The normalized spacial score (nSPS) is 13.8. The number of halogens is 1. The Morgan fingerprint density at radius 1 is 1.40 bits per heavy atom. The van der Waals surface area contributed by atoms with Crippen LogP contribution in [-0.4, -0.2) is 33.9 Å². The highest BCUT2D eigenvalue weighted by atomic mass is 79.9. The first kappa shape index (κ1) is 17.2. The van der Waals surface area contributed by atoms with Gasteiger partial charge in [0.2, 0.25) is 0 Å². The zero-order valence-corrected chi connectivity index (χ0v) is 14.1. The van der Waals surface area contributed by atoms with Crippen molar-refractivity contribution in [3.8, 4) is 5.75 Å². The SMILES string of the molecule is C=CC(C)(CNCCOC)Cc1cc(OC)ccc1Br. The van der Waals surface area contributed by atoms with Gasteiger partial charge in [0.25, 0.3) is 0 Å². The first-order chi connectivity index (χ1) is 9.54. The molecule has 20 heavy (non-hydrogen) atoms. The van der Waals surface area contributed by atoms with Gasteiger partial charge >= 0.3 is 0 Å². The van der Waals surface area contributed by atoms with Gasteiger partial charge in [-0.3, -0.25) is 0 Å². The van der Waals surface area contributed by atoms with E-state index in [4.69, 9.17) is 9.47 Å². The Hall–Kier alpha value is -0.840. The number of methoxy groups -OCH3 is 2. The third kappa shape index (κ3) is 5.27. The minimum absolute atomic E-state index is 0.0113. The van der Waals surface area contributed by atoms with Crippen molar-refractivity contribution in [2.24, 2.45) is 5.41 Å². The van der Waals surface area contributed by atoms with Crippen molar-refractivity contribution in [3.05, 3.63) is 40.9 Å². The topological polar surface area (TPSA) is 30.5 Å². The predicted molar refractivity (Wildman–Crippen MR) is 87.4 cm³/mol. The van der Waals surface area contributed by atoms with Crippen molar-refractivity contribution < 1.29 is 9.47 Å². The van der Waals surface area contributed by atoms with E-state index in [1.165, 1.54) is 5.56 Å². The molecule has 1 aromatic rings. The summed E-state index contributed by atoms with van der Waals surface area (Å²) in [4.78, 5) is 0. The summed E-state index contributed by atoms with van der Waals surface area (Å²) in [5, 5.41) is 3.40. The number of ether oxygens (including phenoxy) is 2. The van der Waals surface area contributed by atoms with Gasteiger partial charge in [-0.05, 0) is 30.2 Å². The molecule has 0 aromatic heterocycles. The van der Waals surface area contributed by atoms with E-state index in [0.29, 0.717) is 0 Å². The fourth-order valence-electron chi connectivity index (χ4n) is 2.00. The quantitative estimate of drug-likeness (QED) is 0.551. The van der Waals surface area contributed by atoms with Gasteiger partial charge < -0.3 is 14.8 Å². The van der Waals surface area contributed by atoms with Gasteiger partial charge in [0.15, 0.2) is 0 Å². The van der Waals surface area contributed by atoms with Gasteiger partial charge in [-0.15, -0.1) is 6.58 Å². The molecule has 0 radical (unpaired) electrons. The molecule has 0 aliphatic heterocycles. The summed E-state index contributed by atoms with van der Waals surface area (Å²) >= 11 is 3.60. The maximum atomic E-state index is 5.29. The third-order valence-corrected chi connectivity index (χ3v) is 4.13. The van der Waals surface area contributed by atoms with Crippen LogP contribution in [0.4, 0.5) is 0 Å². The second-order valence-corrected chi connectivity index (χ2v) is 6.02. The van der Waals surface area contributed by atoms with Gasteiger partial charge in [0.1, 0.15) is 5.75 Å². The van der Waals surface area contributed by atoms with Crippen LogP contribution in [0.15, 0.2) is 35.3 Å².